The largest absolute Gasteiger partial charge is 0.465 e. The zero-order valence-corrected chi connectivity index (χ0v) is 12.5. The first-order chi connectivity index (χ1) is 9.27. The molecule has 19 heavy (non-hydrogen) atoms. The minimum atomic E-state index is -1.04. The zero-order chi connectivity index (χ0) is 14.2. The van der Waals surface area contributed by atoms with Gasteiger partial charge in [0.25, 0.3) is 0 Å². The number of rotatable bonds is 14. The van der Waals surface area contributed by atoms with Crippen LogP contribution in [-0.4, -0.2) is 75.9 Å². The molecule has 0 aliphatic carbocycles. The van der Waals surface area contributed by atoms with Crippen molar-refractivity contribution in [3.05, 3.63) is 0 Å². The summed E-state index contributed by atoms with van der Waals surface area (Å²) in [5, 5.41) is 11.3. The zero-order valence-electron chi connectivity index (χ0n) is 10.9. The lowest BCUT2D eigenvalue weighted by Crippen LogP contribution is -2.25. The van der Waals surface area contributed by atoms with Gasteiger partial charge in [0.1, 0.15) is 0 Å². The lowest BCUT2D eigenvalue weighted by atomic mass is 10.6. The number of hydrogen-bond acceptors (Lipinski definition) is 5. The van der Waals surface area contributed by atoms with E-state index < -0.39 is 6.09 Å². The number of hydrogen-bond donors (Lipinski definition) is 2. The SMILES string of the molecule is O=C(O)NCCOCCOCCOCCOCCBr. The van der Waals surface area contributed by atoms with Crippen molar-refractivity contribution in [2.24, 2.45) is 0 Å². The molecule has 0 saturated carbocycles. The molecule has 0 aliphatic heterocycles. The van der Waals surface area contributed by atoms with E-state index in [9.17, 15) is 4.79 Å². The fourth-order valence-electron chi connectivity index (χ4n) is 1.05. The number of alkyl halides is 1. The predicted molar refractivity (Wildman–Crippen MR) is 73.1 cm³/mol. The molecule has 0 radical (unpaired) electrons. The molecular weight excluding hydrogens is 322 g/mol. The Kier molecular flexibility index (Phi) is 15.3. The number of carbonyl (C=O) groups is 1. The monoisotopic (exact) mass is 343 g/mol. The Labute approximate surface area is 121 Å². The van der Waals surface area contributed by atoms with Crippen LogP contribution in [-0.2, 0) is 18.9 Å². The summed E-state index contributed by atoms with van der Waals surface area (Å²) in [4.78, 5) is 10.1. The molecule has 0 saturated heterocycles. The molecule has 1 amide bonds. The summed E-state index contributed by atoms with van der Waals surface area (Å²) in [6.45, 7) is 4.41. The third-order valence-electron chi connectivity index (χ3n) is 1.86. The van der Waals surface area contributed by atoms with Crippen LogP contribution >= 0.6 is 15.9 Å². The topological polar surface area (TPSA) is 86.3 Å². The fourth-order valence-corrected chi connectivity index (χ4v) is 1.28. The van der Waals surface area contributed by atoms with Gasteiger partial charge in [0.15, 0.2) is 0 Å². The molecule has 8 heteroatoms. The second-order valence-corrected chi connectivity index (χ2v) is 4.16. The quantitative estimate of drug-likeness (QED) is 0.357. The summed E-state index contributed by atoms with van der Waals surface area (Å²) in [7, 11) is 0. The highest BCUT2D eigenvalue weighted by molar-refractivity contribution is 9.09. The van der Waals surface area contributed by atoms with Crippen molar-refractivity contribution in [1.29, 1.82) is 0 Å². The smallest absolute Gasteiger partial charge is 0.404 e. The number of amides is 1. The summed E-state index contributed by atoms with van der Waals surface area (Å²) in [5.74, 6) is 0. The molecule has 0 bridgehead atoms. The summed E-state index contributed by atoms with van der Waals surface area (Å²) in [6.07, 6.45) is -1.04. The second kappa shape index (κ2) is 15.6. The summed E-state index contributed by atoms with van der Waals surface area (Å²) in [5.41, 5.74) is 0. The van der Waals surface area contributed by atoms with Gasteiger partial charge >= 0.3 is 6.09 Å². The molecule has 0 fully saturated rings. The van der Waals surface area contributed by atoms with Gasteiger partial charge in [-0.2, -0.15) is 0 Å². The standard InChI is InChI=1S/C11H22BrNO6/c12-1-3-16-5-7-18-9-10-19-8-6-17-4-2-13-11(14)15/h13H,1-10H2,(H,14,15). The van der Waals surface area contributed by atoms with Crippen molar-refractivity contribution in [1.82, 2.24) is 5.32 Å². The Hall–Kier alpha value is -0.410. The van der Waals surface area contributed by atoms with Crippen LogP contribution in [0.2, 0.25) is 0 Å². The van der Waals surface area contributed by atoms with Gasteiger partial charge in [0.05, 0.1) is 52.9 Å². The predicted octanol–water partition coefficient (Wildman–Crippen LogP) is 0.715. The molecule has 7 nitrogen and oxygen atoms in total. The van der Waals surface area contributed by atoms with E-state index in [0.717, 1.165) is 5.33 Å². The van der Waals surface area contributed by atoms with Gasteiger partial charge in [0, 0.05) is 11.9 Å². The van der Waals surface area contributed by atoms with Gasteiger partial charge in [0.2, 0.25) is 0 Å². The highest BCUT2D eigenvalue weighted by Crippen LogP contribution is 1.84. The molecule has 0 rings (SSSR count). The molecule has 2 N–H and O–H groups in total. The second-order valence-electron chi connectivity index (χ2n) is 3.37. The molecule has 0 aromatic heterocycles. The van der Waals surface area contributed by atoms with E-state index >= 15 is 0 Å². The summed E-state index contributed by atoms with van der Waals surface area (Å²) >= 11 is 3.26. The van der Waals surface area contributed by atoms with E-state index in [0.29, 0.717) is 52.9 Å². The van der Waals surface area contributed by atoms with E-state index in [-0.39, 0.29) is 6.54 Å². The minimum absolute atomic E-state index is 0.285. The van der Waals surface area contributed by atoms with Crippen LogP contribution in [0.4, 0.5) is 4.79 Å². The molecule has 0 spiro atoms. The van der Waals surface area contributed by atoms with Crippen molar-refractivity contribution in [3.8, 4) is 0 Å². The normalized spacial score (nSPS) is 10.6. The molecular formula is C11H22BrNO6. The van der Waals surface area contributed by atoms with Gasteiger partial charge in [-0.05, 0) is 0 Å². The molecule has 0 aromatic carbocycles. The van der Waals surface area contributed by atoms with Crippen LogP contribution in [0, 0.1) is 0 Å². The molecule has 0 aromatic rings. The number of nitrogens with one attached hydrogen (secondary N) is 1. The number of halogens is 1. The first-order valence-electron chi connectivity index (χ1n) is 6.11. The van der Waals surface area contributed by atoms with E-state index in [1.807, 2.05) is 0 Å². The Morgan fingerprint density at radius 1 is 0.842 bits per heavy atom. The minimum Gasteiger partial charge on any atom is -0.465 e. The van der Waals surface area contributed by atoms with Gasteiger partial charge in [-0.3, -0.25) is 0 Å². The lowest BCUT2D eigenvalue weighted by Gasteiger charge is -2.07. The molecule has 0 atom stereocenters. The van der Waals surface area contributed by atoms with Crippen LogP contribution in [0.15, 0.2) is 0 Å². The summed E-state index contributed by atoms with van der Waals surface area (Å²) in [6, 6.07) is 0. The van der Waals surface area contributed by atoms with Crippen LogP contribution in [0.1, 0.15) is 0 Å². The highest BCUT2D eigenvalue weighted by atomic mass is 79.9. The van der Waals surface area contributed by atoms with Crippen molar-refractivity contribution >= 4 is 22.0 Å². The average Bonchev–Trinajstić information content (AvgIpc) is 2.39. The molecule has 0 heterocycles. The Morgan fingerprint density at radius 3 is 1.68 bits per heavy atom. The van der Waals surface area contributed by atoms with E-state index in [1.54, 1.807) is 0 Å². The van der Waals surface area contributed by atoms with Gasteiger partial charge in [-0.25, -0.2) is 4.79 Å². The highest BCUT2D eigenvalue weighted by Gasteiger charge is 1.94. The lowest BCUT2D eigenvalue weighted by molar-refractivity contribution is 0.000275. The maximum absolute atomic E-state index is 10.1. The number of ether oxygens (including phenoxy) is 4. The molecule has 0 unspecified atom stereocenters. The Morgan fingerprint density at radius 2 is 1.26 bits per heavy atom. The Bertz CT molecular complexity index is 208. The van der Waals surface area contributed by atoms with Crippen LogP contribution in [0.25, 0.3) is 0 Å². The number of carboxylic acid groups (broad SMARTS) is 1. The molecule has 0 aliphatic rings. The molecule has 114 valence electrons. The van der Waals surface area contributed by atoms with E-state index in [2.05, 4.69) is 21.2 Å². The van der Waals surface area contributed by atoms with Crippen molar-refractivity contribution in [2.45, 2.75) is 0 Å². The van der Waals surface area contributed by atoms with Gasteiger partial charge < -0.3 is 29.4 Å². The van der Waals surface area contributed by atoms with E-state index in [4.69, 9.17) is 24.1 Å². The van der Waals surface area contributed by atoms with Crippen LogP contribution in [0.3, 0.4) is 0 Å². The van der Waals surface area contributed by atoms with Crippen LogP contribution < -0.4 is 5.32 Å². The first-order valence-corrected chi connectivity index (χ1v) is 7.23. The third-order valence-corrected chi connectivity index (χ3v) is 2.18. The summed E-state index contributed by atoms with van der Waals surface area (Å²) < 4.78 is 20.9. The Balaban J connectivity index is 2.93. The third kappa shape index (κ3) is 17.6. The van der Waals surface area contributed by atoms with E-state index in [1.165, 1.54) is 0 Å². The average molecular weight is 344 g/mol. The van der Waals surface area contributed by atoms with Crippen molar-refractivity contribution in [2.75, 3.05) is 64.7 Å². The maximum atomic E-state index is 10.1. The first kappa shape index (κ1) is 18.6. The van der Waals surface area contributed by atoms with Crippen molar-refractivity contribution < 1.29 is 28.8 Å². The van der Waals surface area contributed by atoms with Gasteiger partial charge in [-0.15, -0.1) is 0 Å². The van der Waals surface area contributed by atoms with Crippen LogP contribution in [0.5, 0.6) is 0 Å². The fraction of sp³-hybridized carbons (Fsp3) is 0.909. The van der Waals surface area contributed by atoms with Crippen molar-refractivity contribution in [3.63, 3.8) is 0 Å². The maximum Gasteiger partial charge on any atom is 0.404 e. The van der Waals surface area contributed by atoms with Gasteiger partial charge in [-0.1, -0.05) is 15.9 Å².